The highest BCUT2D eigenvalue weighted by atomic mass is 35.5. The van der Waals surface area contributed by atoms with Crippen molar-refractivity contribution in [1.29, 1.82) is 5.26 Å². The van der Waals surface area contributed by atoms with E-state index in [0.29, 0.717) is 15.6 Å². The van der Waals surface area contributed by atoms with Crippen LogP contribution in [0.2, 0.25) is 10.0 Å². The number of fused-ring (bicyclic) bond motifs is 1. The number of rotatable bonds is 1. The molecule has 4 rings (SSSR count). The summed E-state index contributed by atoms with van der Waals surface area (Å²) in [6.07, 6.45) is 0.221. The number of carbonyl (C=O) groups is 2. The van der Waals surface area contributed by atoms with Crippen molar-refractivity contribution in [2.24, 2.45) is 5.41 Å². The molecule has 136 valence electrons. The van der Waals surface area contributed by atoms with Crippen molar-refractivity contribution in [3.8, 4) is 6.07 Å². The molecule has 0 aliphatic carbocycles. The number of hydrogen-bond acceptors (Lipinski definition) is 4. The summed E-state index contributed by atoms with van der Waals surface area (Å²) in [4.78, 5) is 27.4. The molecule has 9 heteroatoms. The van der Waals surface area contributed by atoms with Gasteiger partial charge in [0.25, 0.3) is 11.8 Å². The quantitative estimate of drug-likeness (QED) is 0.690. The number of piperazine rings is 1. The predicted molar refractivity (Wildman–Crippen MR) is 103 cm³/mol. The third kappa shape index (κ3) is 1.74. The summed E-state index contributed by atoms with van der Waals surface area (Å²) >= 11 is 17.9. The summed E-state index contributed by atoms with van der Waals surface area (Å²) in [5.74, 6) is -0.380. The van der Waals surface area contributed by atoms with Crippen LogP contribution in [0, 0.1) is 16.7 Å². The Morgan fingerprint density at radius 2 is 1.92 bits per heavy atom. The van der Waals surface area contributed by atoms with Gasteiger partial charge in [-0.05, 0) is 42.7 Å². The minimum Gasteiger partial charge on any atom is -0.320 e. The summed E-state index contributed by atoms with van der Waals surface area (Å²) < 4.78 is 0. The van der Waals surface area contributed by atoms with Gasteiger partial charge in [-0.15, -0.1) is 0 Å². The standard InChI is InChI=1S/C17H15Cl2N3O2S2/c1-15(8-20)7-17-14(24)21(3)16(2,26(17)25)13(23)22(17)12(15)9-4-5-10(18)11(19)6-9/h4-6,12H,7H2,1-3H3/t12?,15-,16?,17?,26?/m1/s1. The molecule has 3 fully saturated rings. The van der Waals surface area contributed by atoms with Gasteiger partial charge in [0.1, 0.15) is 0 Å². The average molecular weight is 428 g/mol. The lowest BCUT2D eigenvalue weighted by Gasteiger charge is -2.40. The van der Waals surface area contributed by atoms with E-state index >= 15 is 0 Å². The molecule has 1 aromatic rings. The van der Waals surface area contributed by atoms with Crippen molar-refractivity contribution in [2.75, 3.05) is 7.05 Å². The molecule has 1 aromatic carbocycles. The third-order valence-electron chi connectivity index (χ3n) is 5.93. The molecule has 2 amide bonds. The zero-order chi connectivity index (χ0) is 19.2. The molecule has 0 saturated carbocycles. The van der Waals surface area contributed by atoms with Crippen molar-refractivity contribution in [3.63, 3.8) is 0 Å². The van der Waals surface area contributed by atoms with Crippen LogP contribution in [0.25, 0.3) is 0 Å². The topological polar surface area (TPSA) is 64.4 Å². The van der Waals surface area contributed by atoms with E-state index in [9.17, 15) is 14.9 Å². The molecule has 26 heavy (non-hydrogen) atoms. The van der Waals surface area contributed by atoms with Crippen LogP contribution in [0.4, 0.5) is 0 Å². The van der Waals surface area contributed by atoms with Crippen LogP contribution in [-0.4, -0.2) is 38.4 Å². The number of likely N-dealkylation sites (N-methyl/N-ethyl adjacent to an activating group) is 1. The first-order valence-electron chi connectivity index (χ1n) is 7.96. The summed E-state index contributed by atoms with van der Waals surface area (Å²) in [5, 5.41) is 10.7. The maximum Gasteiger partial charge on any atom is 0.261 e. The lowest BCUT2D eigenvalue weighted by atomic mass is 9.79. The Hall–Kier alpha value is -1.20. The van der Waals surface area contributed by atoms with E-state index in [1.165, 1.54) is 4.90 Å². The predicted octanol–water partition coefficient (Wildman–Crippen LogP) is 2.77. The molecule has 3 aliphatic rings. The Morgan fingerprint density at radius 3 is 2.50 bits per heavy atom. The fraction of sp³-hybridized carbons (Fsp3) is 0.471. The molecule has 3 saturated heterocycles. The van der Waals surface area contributed by atoms with E-state index < -0.39 is 30.7 Å². The van der Waals surface area contributed by atoms with Crippen molar-refractivity contribution in [3.05, 3.63) is 33.8 Å². The van der Waals surface area contributed by atoms with Gasteiger partial charge in [-0.1, -0.05) is 38.7 Å². The average Bonchev–Trinajstić information content (AvgIpc) is 3.03. The lowest BCUT2D eigenvalue weighted by molar-refractivity contribution is -0.159. The molecule has 2 bridgehead atoms. The zero-order valence-corrected chi connectivity index (χ0v) is 17.4. The maximum absolute atomic E-state index is 13.4. The van der Waals surface area contributed by atoms with Crippen molar-refractivity contribution in [2.45, 2.75) is 36.1 Å². The highest BCUT2D eigenvalue weighted by Crippen LogP contribution is 2.65. The van der Waals surface area contributed by atoms with E-state index in [0.717, 1.165) is 0 Å². The van der Waals surface area contributed by atoms with Crippen LogP contribution < -0.4 is 0 Å². The van der Waals surface area contributed by atoms with E-state index in [4.69, 9.17) is 34.4 Å². The van der Waals surface area contributed by atoms with Crippen LogP contribution >= 0.6 is 23.2 Å². The van der Waals surface area contributed by atoms with Crippen molar-refractivity contribution < 1.29 is 9.59 Å². The molecule has 5 atom stereocenters. The molecule has 0 N–H and O–H groups in total. The number of hydrogen-bond donors (Lipinski definition) is 0. The SMILES string of the molecule is CN1C(=O)C23C[C@](C)(C#N)C(c4ccc(Cl)c(Cl)c4)N2C(=O)C1(C)S3=S. The van der Waals surface area contributed by atoms with E-state index in [1.54, 1.807) is 44.0 Å². The molecule has 0 radical (unpaired) electrons. The number of nitriles is 1. The van der Waals surface area contributed by atoms with Crippen LogP contribution in [0.15, 0.2) is 18.2 Å². The van der Waals surface area contributed by atoms with Gasteiger partial charge >= 0.3 is 0 Å². The lowest BCUT2D eigenvalue weighted by Crippen LogP contribution is -2.60. The van der Waals surface area contributed by atoms with Crippen molar-refractivity contribution >= 4 is 55.7 Å². The number of benzene rings is 1. The molecule has 4 unspecified atom stereocenters. The number of carbonyl (C=O) groups excluding carboxylic acids is 2. The normalized spacial score (nSPS) is 40.9. The molecule has 0 aromatic heterocycles. The number of halogens is 2. The Balaban J connectivity index is 1.98. The van der Waals surface area contributed by atoms with Crippen LogP contribution in [0.5, 0.6) is 0 Å². The Bertz CT molecular complexity index is 964. The maximum atomic E-state index is 13.4. The zero-order valence-electron chi connectivity index (χ0n) is 14.2. The van der Waals surface area contributed by atoms with Gasteiger partial charge in [0, 0.05) is 13.5 Å². The largest absolute Gasteiger partial charge is 0.320 e. The van der Waals surface area contributed by atoms with Gasteiger partial charge in [-0.2, -0.15) is 5.26 Å². The van der Waals surface area contributed by atoms with Gasteiger partial charge in [0.05, 0.1) is 27.6 Å². The van der Waals surface area contributed by atoms with E-state index in [2.05, 4.69) is 6.07 Å². The first-order chi connectivity index (χ1) is 12.1. The number of amides is 2. The highest BCUT2D eigenvalue weighted by Gasteiger charge is 2.80. The van der Waals surface area contributed by atoms with E-state index in [1.807, 2.05) is 0 Å². The first kappa shape index (κ1) is 18.2. The van der Waals surface area contributed by atoms with Crippen LogP contribution in [0.3, 0.4) is 0 Å². The first-order valence-corrected chi connectivity index (χ1v) is 10.9. The van der Waals surface area contributed by atoms with Crippen LogP contribution in [0.1, 0.15) is 31.9 Å². The third-order valence-corrected chi connectivity index (χ3v) is 10.8. The summed E-state index contributed by atoms with van der Waals surface area (Å²) in [7, 11) is 0.660. The molecule has 3 aliphatic heterocycles. The Morgan fingerprint density at radius 1 is 1.27 bits per heavy atom. The molecule has 1 spiro atoms. The second kappa shape index (κ2) is 5.20. The molecular formula is C17H15Cl2N3O2S2. The minimum absolute atomic E-state index is 0.179. The van der Waals surface area contributed by atoms with Gasteiger partial charge in [0.15, 0.2) is 9.74 Å². The second-order valence-corrected chi connectivity index (χ2v) is 11.2. The fourth-order valence-electron chi connectivity index (χ4n) is 4.52. The molecule has 3 heterocycles. The van der Waals surface area contributed by atoms with E-state index in [-0.39, 0.29) is 18.2 Å². The van der Waals surface area contributed by atoms with Gasteiger partial charge < -0.3 is 9.80 Å². The Kier molecular flexibility index (Phi) is 3.63. The van der Waals surface area contributed by atoms with Gasteiger partial charge in [0.2, 0.25) is 0 Å². The molecule has 5 nitrogen and oxygen atoms in total. The van der Waals surface area contributed by atoms with Crippen molar-refractivity contribution in [1.82, 2.24) is 9.80 Å². The Labute approximate surface area is 168 Å². The highest BCUT2D eigenvalue weighted by molar-refractivity contribution is 8.31. The van der Waals surface area contributed by atoms with Crippen LogP contribution in [-0.2, 0) is 30.2 Å². The van der Waals surface area contributed by atoms with Gasteiger partial charge in [-0.25, -0.2) is 0 Å². The smallest absolute Gasteiger partial charge is 0.261 e. The summed E-state index contributed by atoms with van der Waals surface area (Å²) in [5.41, 5.74) is -0.272. The summed E-state index contributed by atoms with van der Waals surface area (Å²) in [6.45, 7) is 3.50. The summed E-state index contributed by atoms with van der Waals surface area (Å²) in [6, 6.07) is 6.80. The van der Waals surface area contributed by atoms with Gasteiger partial charge in [-0.3, -0.25) is 9.59 Å². The molecular weight excluding hydrogens is 413 g/mol. The monoisotopic (exact) mass is 427 g/mol. The fourth-order valence-corrected chi connectivity index (χ4v) is 8.35. The number of nitrogens with zero attached hydrogens (tertiary/aromatic N) is 3. The minimum atomic E-state index is -1.14. The second-order valence-electron chi connectivity index (χ2n) is 7.36.